The number of piperidine rings is 1. The van der Waals surface area contributed by atoms with Gasteiger partial charge in [-0.1, -0.05) is 53.5 Å². The second kappa shape index (κ2) is 9.20. The number of likely N-dealkylation sites (tertiary alicyclic amines) is 1. The standard InChI is InChI=1S/C20H20Cl2N2O3/c21-16-6-7-17(22)23-19(16)20(26)27-13-18(25)24-10-8-15(9-11-24)12-14-4-2-1-3-5-14/h1-7,15H,8-13H2. The molecule has 0 atom stereocenters. The molecule has 1 saturated heterocycles. The molecule has 2 heterocycles. The van der Waals surface area contributed by atoms with Gasteiger partial charge in [0.25, 0.3) is 5.91 Å². The van der Waals surface area contributed by atoms with Gasteiger partial charge in [0.2, 0.25) is 0 Å². The van der Waals surface area contributed by atoms with Gasteiger partial charge >= 0.3 is 5.97 Å². The van der Waals surface area contributed by atoms with Gasteiger partial charge in [-0.25, -0.2) is 9.78 Å². The first-order valence-electron chi connectivity index (χ1n) is 8.84. The molecule has 0 aliphatic carbocycles. The molecule has 0 unspecified atom stereocenters. The van der Waals surface area contributed by atoms with Gasteiger partial charge < -0.3 is 9.64 Å². The number of nitrogens with zero attached hydrogens (tertiary/aromatic N) is 2. The molecule has 0 saturated carbocycles. The summed E-state index contributed by atoms with van der Waals surface area (Å²) >= 11 is 11.7. The molecule has 0 N–H and O–H groups in total. The number of hydrogen-bond acceptors (Lipinski definition) is 4. The van der Waals surface area contributed by atoms with Gasteiger partial charge in [-0.2, -0.15) is 0 Å². The van der Waals surface area contributed by atoms with Crippen LogP contribution in [0.2, 0.25) is 10.2 Å². The molecule has 2 aromatic rings. The number of amides is 1. The molecule has 0 bridgehead atoms. The fourth-order valence-electron chi connectivity index (χ4n) is 3.18. The van der Waals surface area contributed by atoms with Crippen LogP contribution in [0, 0.1) is 5.92 Å². The van der Waals surface area contributed by atoms with Crippen LogP contribution >= 0.6 is 23.2 Å². The van der Waals surface area contributed by atoms with Gasteiger partial charge in [-0.3, -0.25) is 4.79 Å². The first-order chi connectivity index (χ1) is 13.0. The maximum Gasteiger partial charge on any atom is 0.359 e. The van der Waals surface area contributed by atoms with E-state index >= 15 is 0 Å². The van der Waals surface area contributed by atoms with E-state index in [2.05, 4.69) is 17.1 Å². The van der Waals surface area contributed by atoms with E-state index in [9.17, 15) is 9.59 Å². The predicted molar refractivity (Wildman–Crippen MR) is 104 cm³/mol. The van der Waals surface area contributed by atoms with Crippen molar-refractivity contribution in [2.75, 3.05) is 19.7 Å². The van der Waals surface area contributed by atoms with Crippen molar-refractivity contribution >= 4 is 35.1 Å². The molecule has 7 heteroatoms. The van der Waals surface area contributed by atoms with Crippen LogP contribution in [0.3, 0.4) is 0 Å². The summed E-state index contributed by atoms with van der Waals surface area (Å²) in [5.41, 5.74) is 1.24. The van der Waals surface area contributed by atoms with Crippen molar-refractivity contribution in [3.05, 3.63) is 63.9 Å². The fourth-order valence-corrected chi connectivity index (χ4v) is 3.51. The third kappa shape index (κ3) is 5.44. The van der Waals surface area contributed by atoms with E-state index < -0.39 is 5.97 Å². The minimum atomic E-state index is -0.755. The maximum atomic E-state index is 12.3. The largest absolute Gasteiger partial charge is 0.451 e. The molecule has 3 rings (SSSR count). The van der Waals surface area contributed by atoms with Crippen molar-refractivity contribution in [3.8, 4) is 0 Å². The minimum absolute atomic E-state index is 0.0847. The minimum Gasteiger partial charge on any atom is -0.451 e. The van der Waals surface area contributed by atoms with E-state index in [4.69, 9.17) is 27.9 Å². The highest BCUT2D eigenvalue weighted by atomic mass is 35.5. The van der Waals surface area contributed by atoms with Crippen LogP contribution in [-0.4, -0.2) is 41.5 Å². The van der Waals surface area contributed by atoms with Gasteiger partial charge in [0.1, 0.15) is 5.15 Å². The Bertz CT molecular complexity index is 806. The van der Waals surface area contributed by atoms with Crippen LogP contribution < -0.4 is 0 Å². The van der Waals surface area contributed by atoms with Crippen LogP contribution in [0.4, 0.5) is 0 Å². The topological polar surface area (TPSA) is 59.5 Å². The Labute approximate surface area is 168 Å². The Kier molecular flexibility index (Phi) is 6.69. The smallest absolute Gasteiger partial charge is 0.359 e. The molecule has 142 valence electrons. The van der Waals surface area contributed by atoms with Crippen LogP contribution in [0.25, 0.3) is 0 Å². The first-order valence-corrected chi connectivity index (χ1v) is 9.59. The van der Waals surface area contributed by atoms with Gasteiger partial charge in [-0.05, 0) is 42.9 Å². The molecule has 1 amide bonds. The third-order valence-electron chi connectivity index (χ3n) is 4.67. The highest BCUT2D eigenvalue weighted by molar-refractivity contribution is 6.34. The van der Waals surface area contributed by atoms with Crippen molar-refractivity contribution in [1.82, 2.24) is 9.88 Å². The number of rotatable bonds is 5. The lowest BCUT2D eigenvalue weighted by Gasteiger charge is -2.32. The van der Waals surface area contributed by atoms with Crippen LogP contribution in [0.1, 0.15) is 28.9 Å². The molecule has 1 aliphatic rings. The van der Waals surface area contributed by atoms with Crippen LogP contribution in [-0.2, 0) is 16.0 Å². The van der Waals surface area contributed by atoms with E-state index in [1.807, 2.05) is 18.2 Å². The second-order valence-electron chi connectivity index (χ2n) is 6.55. The van der Waals surface area contributed by atoms with E-state index in [0.717, 1.165) is 19.3 Å². The number of halogens is 2. The van der Waals surface area contributed by atoms with E-state index in [1.54, 1.807) is 4.90 Å². The summed E-state index contributed by atoms with van der Waals surface area (Å²) in [4.78, 5) is 30.0. The zero-order valence-corrected chi connectivity index (χ0v) is 16.2. The van der Waals surface area contributed by atoms with E-state index in [1.165, 1.54) is 17.7 Å². The highest BCUT2D eigenvalue weighted by Gasteiger charge is 2.24. The summed E-state index contributed by atoms with van der Waals surface area (Å²) in [7, 11) is 0. The van der Waals surface area contributed by atoms with Gasteiger partial charge in [0.05, 0.1) is 5.02 Å². The molecule has 1 fully saturated rings. The SMILES string of the molecule is O=C(OCC(=O)N1CCC(Cc2ccccc2)CC1)c1nc(Cl)ccc1Cl. The average Bonchev–Trinajstić information content (AvgIpc) is 2.69. The summed E-state index contributed by atoms with van der Waals surface area (Å²) < 4.78 is 5.07. The molecule has 5 nitrogen and oxygen atoms in total. The van der Waals surface area contributed by atoms with E-state index in [-0.39, 0.29) is 28.4 Å². The molecule has 27 heavy (non-hydrogen) atoms. The Morgan fingerprint density at radius 2 is 1.78 bits per heavy atom. The lowest BCUT2D eigenvalue weighted by atomic mass is 9.90. The Hall–Kier alpha value is -2.11. The monoisotopic (exact) mass is 406 g/mol. The summed E-state index contributed by atoms with van der Waals surface area (Å²) in [6.45, 7) is 1.01. The Balaban J connectivity index is 1.45. The molecule has 1 aliphatic heterocycles. The highest BCUT2D eigenvalue weighted by Crippen LogP contribution is 2.22. The fraction of sp³-hybridized carbons (Fsp3) is 0.350. The van der Waals surface area contributed by atoms with Gasteiger partial charge in [-0.15, -0.1) is 0 Å². The summed E-state index contributed by atoms with van der Waals surface area (Å²) in [5, 5.41) is 0.275. The third-order valence-corrected chi connectivity index (χ3v) is 5.18. The zero-order valence-electron chi connectivity index (χ0n) is 14.7. The summed E-state index contributed by atoms with van der Waals surface area (Å²) in [6.07, 6.45) is 2.91. The quantitative estimate of drug-likeness (QED) is 0.555. The lowest BCUT2D eigenvalue weighted by Crippen LogP contribution is -2.41. The van der Waals surface area contributed by atoms with Crippen molar-refractivity contribution in [3.63, 3.8) is 0 Å². The number of benzene rings is 1. The number of hydrogen-bond donors (Lipinski definition) is 0. The molecule has 1 aromatic carbocycles. The Morgan fingerprint density at radius 3 is 2.48 bits per heavy atom. The second-order valence-corrected chi connectivity index (χ2v) is 7.35. The maximum absolute atomic E-state index is 12.3. The van der Waals surface area contributed by atoms with Crippen molar-refractivity contribution < 1.29 is 14.3 Å². The number of aromatic nitrogens is 1. The average molecular weight is 407 g/mol. The van der Waals surface area contributed by atoms with E-state index in [0.29, 0.717) is 19.0 Å². The number of esters is 1. The van der Waals surface area contributed by atoms with Crippen molar-refractivity contribution in [2.24, 2.45) is 5.92 Å². The zero-order chi connectivity index (χ0) is 19.2. The number of carbonyl (C=O) groups excluding carboxylic acids is 2. The van der Waals surface area contributed by atoms with Crippen molar-refractivity contribution in [1.29, 1.82) is 0 Å². The first kappa shape index (κ1) is 19.6. The normalized spacial score (nSPS) is 14.8. The molecule has 0 radical (unpaired) electrons. The van der Waals surface area contributed by atoms with Crippen LogP contribution in [0.5, 0.6) is 0 Å². The predicted octanol–water partition coefficient (Wildman–Crippen LogP) is 4.03. The van der Waals surface area contributed by atoms with Gasteiger partial charge in [0, 0.05) is 13.1 Å². The Morgan fingerprint density at radius 1 is 1.07 bits per heavy atom. The van der Waals surface area contributed by atoms with Crippen molar-refractivity contribution in [2.45, 2.75) is 19.3 Å². The lowest BCUT2D eigenvalue weighted by molar-refractivity contribution is -0.135. The number of pyridine rings is 1. The molecule has 1 aromatic heterocycles. The summed E-state index contributed by atoms with van der Waals surface area (Å²) in [5.74, 6) is -0.400. The van der Waals surface area contributed by atoms with Gasteiger partial charge in [0.15, 0.2) is 12.3 Å². The molecule has 0 spiro atoms. The van der Waals surface area contributed by atoms with Crippen LogP contribution in [0.15, 0.2) is 42.5 Å². The molecular formula is C20H20Cl2N2O3. The number of ether oxygens (including phenoxy) is 1. The molecular weight excluding hydrogens is 387 g/mol. The number of carbonyl (C=O) groups is 2. The summed E-state index contributed by atoms with van der Waals surface area (Å²) in [6, 6.07) is 13.3.